The molecule has 1 aromatic carbocycles. The fourth-order valence-corrected chi connectivity index (χ4v) is 3.32. The number of carbonyl (C=O) groups excluding carboxylic acids is 2. The molecule has 0 bridgehead atoms. The van der Waals surface area contributed by atoms with E-state index in [1.54, 1.807) is 23.5 Å². The van der Waals surface area contributed by atoms with Crippen LogP contribution in [0.5, 0.6) is 0 Å². The lowest BCUT2D eigenvalue weighted by molar-refractivity contribution is -0.131. The third-order valence-electron chi connectivity index (χ3n) is 4.84. The zero-order chi connectivity index (χ0) is 18.6. The van der Waals surface area contributed by atoms with Gasteiger partial charge in [0.05, 0.1) is 17.5 Å². The highest BCUT2D eigenvalue weighted by Gasteiger charge is 2.25. The quantitative estimate of drug-likeness (QED) is 0.718. The number of carbonyl (C=O) groups is 2. The zero-order valence-electron chi connectivity index (χ0n) is 14.9. The van der Waals surface area contributed by atoms with Crippen LogP contribution < -0.4 is 0 Å². The van der Waals surface area contributed by atoms with Gasteiger partial charge in [0.15, 0.2) is 0 Å². The Morgan fingerprint density at radius 1 is 0.926 bits per heavy atom. The van der Waals surface area contributed by atoms with Crippen molar-refractivity contribution in [2.24, 2.45) is 0 Å². The normalized spacial score (nSPS) is 14.4. The average Bonchev–Trinajstić information content (AvgIpc) is 2.73. The minimum atomic E-state index is -0.0346. The van der Waals surface area contributed by atoms with E-state index >= 15 is 0 Å². The molecule has 4 rings (SSSR count). The van der Waals surface area contributed by atoms with Crippen LogP contribution in [0.1, 0.15) is 15.9 Å². The van der Waals surface area contributed by atoms with Crippen LogP contribution in [-0.2, 0) is 11.2 Å². The molecule has 2 aromatic heterocycles. The minimum Gasteiger partial charge on any atom is -0.339 e. The van der Waals surface area contributed by atoms with Gasteiger partial charge in [-0.25, -0.2) is 0 Å². The lowest BCUT2D eigenvalue weighted by atomic mass is 10.1. The van der Waals surface area contributed by atoms with Crippen molar-refractivity contribution in [2.45, 2.75) is 6.42 Å². The molecule has 0 radical (unpaired) electrons. The molecule has 27 heavy (non-hydrogen) atoms. The van der Waals surface area contributed by atoms with E-state index in [0.29, 0.717) is 38.2 Å². The van der Waals surface area contributed by atoms with Crippen molar-refractivity contribution in [3.63, 3.8) is 0 Å². The standard InChI is InChI=1S/C21H20N4O2/c26-20(12-16-4-3-7-22-14-16)24-8-10-25(11-9-24)21(27)18-13-17-5-1-2-6-19(17)23-15-18/h1-7,13-15H,8-12H2. The van der Waals surface area contributed by atoms with Crippen molar-refractivity contribution in [3.05, 3.63) is 72.2 Å². The lowest BCUT2D eigenvalue weighted by Gasteiger charge is -2.34. The van der Waals surface area contributed by atoms with Gasteiger partial charge in [-0.15, -0.1) is 0 Å². The Hall–Kier alpha value is -3.28. The van der Waals surface area contributed by atoms with Gasteiger partial charge in [0.25, 0.3) is 5.91 Å². The van der Waals surface area contributed by atoms with Gasteiger partial charge in [-0.1, -0.05) is 24.3 Å². The van der Waals surface area contributed by atoms with Gasteiger partial charge in [0, 0.05) is 50.2 Å². The van der Waals surface area contributed by atoms with E-state index in [1.165, 1.54) is 0 Å². The molecule has 1 saturated heterocycles. The second-order valence-corrected chi connectivity index (χ2v) is 6.63. The summed E-state index contributed by atoms with van der Waals surface area (Å²) in [7, 11) is 0. The van der Waals surface area contributed by atoms with Crippen LogP contribution in [0, 0.1) is 0 Å². The third kappa shape index (κ3) is 3.79. The first-order chi connectivity index (χ1) is 13.2. The van der Waals surface area contributed by atoms with Gasteiger partial charge in [0.1, 0.15) is 0 Å². The van der Waals surface area contributed by atoms with E-state index in [0.717, 1.165) is 16.5 Å². The first-order valence-corrected chi connectivity index (χ1v) is 9.01. The largest absolute Gasteiger partial charge is 0.339 e. The summed E-state index contributed by atoms with van der Waals surface area (Å²) in [4.78, 5) is 37.2. The highest BCUT2D eigenvalue weighted by atomic mass is 16.2. The summed E-state index contributed by atoms with van der Waals surface area (Å²) in [5, 5.41) is 0.952. The van der Waals surface area contributed by atoms with Crippen molar-refractivity contribution in [2.75, 3.05) is 26.2 Å². The van der Waals surface area contributed by atoms with Crippen LogP contribution in [0.25, 0.3) is 10.9 Å². The molecule has 0 N–H and O–H groups in total. The maximum absolute atomic E-state index is 12.8. The van der Waals surface area contributed by atoms with E-state index in [-0.39, 0.29) is 11.8 Å². The molecule has 1 aliphatic rings. The molecule has 3 heterocycles. The number of para-hydroxylation sites is 1. The van der Waals surface area contributed by atoms with Crippen LogP contribution in [0.4, 0.5) is 0 Å². The Morgan fingerprint density at radius 2 is 1.70 bits per heavy atom. The average molecular weight is 360 g/mol. The van der Waals surface area contributed by atoms with Crippen LogP contribution in [-0.4, -0.2) is 57.8 Å². The second-order valence-electron chi connectivity index (χ2n) is 6.63. The topological polar surface area (TPSA) is 66.4 Å². The van der Waals surface area contributed by atoms with E-state index in [9.17, 15) is 9.59 Å². The summed E-state index contributed by atoms with van der Waals surface area (Å²) < 4.78 is 0. The Morgan fingerprint density at radius 3 is 2.48 bits per heavy atom. The Balaban J connectivity index is 1.38. The maximum atomic E-state index is 12.8. The zero-order valence-corrected chi connectivity index (χ0v) is 14.9. The Bertz CT molecular complexity index is 966. The number of nitrogens with zero attached hydrogens (tertiary/aromatic N) is 4. The van der Waals surface area contributed by atoms with Gasteiger partial charge in [-0.2, -0.15) is 0 Å². The highest BCUT2D eigenvalue weighted by Crippen LogP contribution is 2.15. The minimum absolute atomic E-state index is 0.0346. The molecule has 0 spiro atoms. The molecule has 0 unspecified atom stereocenters. The first kappa shape index (κ1) is 17.1. The van der Waals surface area contributed by atoms with E-state index < -0.39 is 0 Å². The number of aromatic nitrogens is 2. The highest BCUT2D eigenvalue weighted by molar-refractivity contribution is 5.97. The van der Waals surface area contributed by atoms with Crippen molar-refractivity contribution in [1.82, 2.24) is 19.8 Å². The summed E-state index contributed by atoms with van der Waals surface area (Å²) in [6.45, 7) is 2.16. The SMILES string of the molecule is O=C(Cc1cccnc1)N1CCN(C(=O)c2cnc3ccccc3c2)CC1. The number of rotatable bonds is 3. The van der Waals surface area contributed by atoms with E-state index in [1.807, 2.05) is 47.4 Å². The number of hydrogen-bond donors (Lipinski definition) is 0. The molecule has 6 heteroatoms. The van der Waals surface area contributed by atoms with Crippen molar-refractivity contribution in [1.29, 1.82) is 0 Å². The van der Waals surface area contributed by atoms with E-state index in [4.69, 9.17) is 0 Å². The summed E-state index contributed by atoms with van der Waals surface area (Å²) in [5.41, 5.74) is 2.37. The fourth-order valence-electron chi connectivity index (χ4n) is 3.32. The molecule has 1 aliphatic heterocycles. The molecule has 0 saturated carbocycles. The maximum Gasteiger partial charge on any atom is 0.255 e. The molecular weight excluding hydrogens is 340 g/mol. The summed E-state index contributed by atoms with van der Waals surface area (Å²) >= 11 is 0. The fraction of sp³-hybridized carbons (Fsp3) is 0.238. The lowest BCUT2D eigenvalue weighted by Crippen LogP contribution is -2.51. The number of pyridine rings is 2. The van der Waals surface area contributed by atoms with Gasteiger partial charge in [-0.3, -0.25) is 19.6 Å². The number of hydrogen-bond acceptors (Lipinski definition) is 4. The van der Waals surface area contributed by atoms with Gasteiger partial charge >= 0.3 is 0 Å². The van der Waals surface area contributed by atoms with E-state index in [2.05, 4.69) is 9.97 Å². The molecule has 0 aliphatic carbocycles. The molecule has 3 aromatic rings. The molecule has 2 amide bonds. The first-order valence-electron chi connectivity index (χ1n) is 9.01. The molecule has 6 nitrogen and oxygen atoms in total. The van der Waals surface area contributed by atoms with Crippen LogP contribution in [0.15, 0.2) is 61.1 Å². The predicted molar refractivity (Wildman–Crippen MR) is 102 cm³/mol. The second kappa shape index (κ2) is 7.53. The van der Waals surface area contributed by atoms with Gasteiger partial charge in [-0.05, 0) is 23.8 Å². The van der Waals surface area contributed by atoms with Gasteiger partial charge in [0.2, 0.25) is 5.91 Å². The molecule has 136 valence electrons. The Kier molecular flexibility index (Phi) is 4.78. The molecule has 1 fully saturated rings. The summed E-state index contributed by atoms with van der Waals surface area (Å²) in [5.74, 6) is 0.0371. The van der Waals surface area contributed by atoms with Crippen LogP contribution in [0.3, 0.4) is 0 Å². The van der Waals surface area contributed by atoms with Crippen LogP contribution >= 0.6 is 0 Å². The summed E-state index contributed by atoms with van der Waals surface area (Å²) in [6.07, 6.45) is 5.38. The third-order valence-corrected chi connectivity index (χ3v) is 4.84. The smallest absolute Gasteiger partial charge is 0.255 e. The monoisotopic (exact) mass is 360 g/mol. The number of fused-ring (bicyclic) bond motifs is 1. The molecule has 0 atom stereocenters. The van der Waals surface area contributed by atoms with Crippen LogP contribution in [0.2, 0.25) is 0 Å². The van der Waals surface area contributed by atoms with Crippen molar-refractivity contribution in [3.8, 4) is 0 Å². The number of amides is 2. The van der Waals surface area contributed by atoms with Gasteiger partial charge < -0.3 is 9.80 Å². The van der Waals surface area contributed by atoms with Crippen molar-refractivity contribution >= 4 is 22.7 Å². The number of benzene rings is 1. The number of piperazine rings is 1. The van der Waals surface area contributed by atoms with Crippen molar-refractivity contribution < 1.29 is 9.59 Å². The predicted octanol–water partition coefficient (Wildman–Crippen LogP) is 2.16. The summed E-state index contributed by atoms with van der Waals surface area (Å²) in [6, 6.07) is 13.4. The molecular formula is C21H20N4O2. The Labute approximate surface area is 157 Å².